The molecule has 0 aliphatic heterocycles. The standard InChI is InChI=1S/C20H15F3N4O2/c1-8-6-15(28)11-4-5-13(16-9(2)26-29-10(16)3)25-20(11)27(8)14-7-12(24)17(21)19(23)18(14)22/h4-7H,24H2,1-3H3. The Labute approximate surface area is 162 Å². The number of hydrogen-bond donors (Lipinski definition) is 1. The molecule has 0 saturated heterocycles. The van der Waals surface area contributed by atoms with Crippen molar-refractivity contribution in [3.05, 3.63) is 69.1 Å². The number of aryl methyl sites for hydroxylation is 3. The fraction of sp³-hybridized carbons (Fsp3) is 0.150. The van der Waals surface area contributed by atoms with Gasteiger partial charge in [-0.2, -0.15) is 0 Å². The number of fused-ring (bicyclic) bond motifs is 1. The van der Waals surface area contributed by atoms with Crippen molar-refractivity contribution in [2.24, 2.45) is 0 Å². The predicted molar refractivity (Wildman–Crippen MR) is 101 cm³/mol. The Kier molecular flexibility index (Phi) is 4.18. The molecule has 0 aliphatic carbocycles. The molecule has 0 atom stereocenters. The van der Waals surface area contributed by atoms with Crippen LogP contribution >= 0.6 is 0 Å². The summed E-state index contributed by atoms with van der Waals surface area (Å²) in [5.41, 5.74) is 6.22. The summed E-state index contributed by atoms with van der Waals surface area (Å²) in [6.45, 7) is 4.97. The summed E-state index contributed by atoms with van der Waals surface area (Å²) in [4.78, 5) is 17.0. The van der Waals surface area contributed by atoms with E-state index in [4.69, 9.17) is 10.3 Å². The Bertz CT molecular complexity index is 1340. The highest BCUT2D eigenvalue weighted by Gasteiger charge is 2.22. The second kappa shape index (κ2) is 6.47. The number of benzene rings is 1. The van der Waals surface area contributed by atoms with Crippen LogP contribution in [-0.2, 0) is 0 Å². The van der Waals surface area contributed by atoms with Gasteiger partial charge in [-0.05, 0) is 39.0 Å². The lowest BCUT2D eigenvalue weighted by Crippen LogP contribution is -2.15. The van der Waals surface area contributed by atoms with Crippen molar-refractivity contribution in [3.8, 4) is 16.9 Å². The highest BCUT2D eigenvalue weighted by Crippen LogP contribution is 2.30. The van der Waals surface area contributed by atoms with Crippen molar-refractivity contribution >= 4 is 16.7 Å². The number of rotatable bonds is 2. The number of nitrogens with zero attached hydrogens (tertiary/aromatic N) is 3. The lowest BCUT2D eigenvalue weighted by Gasteiger charge is -2.16. The van der Waals surface area contributed by atoms with Gasteiger partial charge in [-0.1, -0.05) is 5.16 Å². The zero-order valence-electron chi connectivity index (χ0n) is 15.7. The summed E-state index contributed by atoms with van der Waals surface area (Å²) in [7, 11) is 0. The molecule has 2 N–H and O–H groups in total. The van der Waals surface area contributed by atoms with Crippen LogP contribution in [0.25, 0.3) is 28.0 Å². The lowest BCUT2D eigenvalue weighted by atomic mass is 10.1. The van der Waals surface area contributed by atoms with Crippen LogP contribution in [-0.4, -0.2) is 14.7 Å². The highest BCUT2D eigenvalue weighted by molar-refractivity contribution is 5.81. The first-order valence-corrected chi connectivity index (χ1v) is 8.60. The number of anilines is 1. The van der Waals surface area contributed by atoms with E-state index in [1.165, 1.54) is 23.6 Å². The zero-order chi connectivity index (χ0) is 21.0. The number of halogens is 3. The Morgan fingerprint density at radius 2 is 1.76 bits per heavy atom. The van der Waals surface area contributed by atoms with Gasteiger partial charge in [0, 0.05) is 11.8 Å². The summed E-state index contributed by atoms with van der Waals surface area (Å²) >= 11 is 0. The maximum atomic E-state index is 14.6. The average Bonchev–Trinajstić information content (AvgIpc) is 3.01. The molecule has 3 heterocycles. The molecule has 0 unspecified atom stereocenters. The number of nitrogens with two attached hydrogens (primary N) is 1. The van der Waals surface area contributed by atoms with Crippen LogP contribution in [0.15, 0.2) is 33.6 Å². The normalized spacial score (nSPS) is 11.4. The van der Waals surface area contributed by atoms with E-state index in [2.05, 4.69) is 10.1 Å². The van der Waals surface area contributed by atoms with Crippen LogP contribution in [0.4, 0.5) is 18.9 Å². The predicted octanol–water partition coefficient (Wildman–Crippen LogP) is 3.97. The van der Waals surface area contributed by atoms with Crippen molar-refractivity contribution in [1.29, 1.82) is 0 Å². The molecular weight excluding hydrogens is 385 g/mol. The van der Waals surface area contributed by atoms with E-state index in [0.717, 1.165) is 6.07 Å². The highest BCUT2D eigenvalue weighted by atomic mass is 19.2. The Hall–Kier alpha value is -3.62. The van der Waals surface area contributed by atoms with E-state index < -0.39 is 23.1 Å². The molecule has 4 rings (SSSR count). The lowest BCUT2D eigenvalue weighted by molar-refractivity contribution is 0.393. The first-order chi connectivity index (χ1) is 13.7. The van der Waals surface area contributed by atoms with Gasteiger partial charge in [-0.15, -0.1) is 0 Å². The number of pyridine rings is 2. The van der Waals surface area contributed by atoms with Crippen molar-refractivity contribution in [2.45, 2.75) is 20.8 Å². The van der Waals surface area contributed by atoms with E-state index in [1.807, 2.05) is 0 Å². The van der Waals surface area contributed by atoms with E-state index in [0.29, 0.717) is 22.7 Å². The third-order valence-electron chi connectivity index (χ3n) is 4.73. The van der Waals surface area contributed by atoms with Crippen LogP contribution in [0.2, 0.25) is 0 Å². The quantitative estimate of drug-likeness (QED) is 0.406. The molecule has 29 heavy (non-hydrogen) atoms. The van der Waals surface area contributed by atoms with Crippen LogP contribution in [0, 0.1) is 38.2 Å². The second-order valence-electron chi connectivity index (χ2n) is 6.68. The maximum absolute atomic E-state index is 14.6. The molecule has 0 bridgehead atoms. The number of aromatic nitrogens is 3. The van der Waals surface area contributed by atoms with Gasteiger partial charge in [-0.25, -0.2) is 18.2 Å². The topological polar surface area (TPSA) is 86.9 Å². The third-order valence-corrected chi connectivity index (χ3v) is 4.73. The van der Waals surface area contributed by atoms with Gasteiger partial charge >= 0.3 is 0 Å². The minimum Gasteiger partial charge on any atom is -0.396 e. The van der Waals surface area contributed by atoms with Crippen LogP contribution < -0.4 is 11.2 Å². The van der Waals surface area contributed by atoms with E-state index in [1.54, 1.807) is 19.9 Å². The van der Waals surface area contributed by atoms with Crippen molar-refractivity contribution in [3.63, 3.8) is 0 Å². The Morgan fingerprint density at radius 3 is 2.41 bits per heavy atom. The molecule has 3 aromatic heterocycles. The molecule has 0 amide bonds. The molecule has 148 valence electrons. The SMILES string of the molecule is Cc1noc(C)c1-c1ccc2c(=O)cc(C)n(-c3cc(N)c(F)c(F)c3F)c2n1. The van der Waals surface area contributed by atoms with Crippen LogP contribution in [0.1, 0.15) is 17.1 Å². The Morgan fingerprint density at radius 1 is 1.03 bits per heavy atom. The average molecular weight is 400 g/mol. The van der Waals surface area contributed by atoms with Crippen molar-refractivity contribution in [2.75, 3.05) is 5.73 Å². The molecule has 0 aliphatic rings. The van der Waals surface area contributed by atoms with Crippen LogP contribution in [0.5, 0.6) is 0 Å². The monoisotopic (exact) mass is 400 g/mol. The van der Waals surface area contributed by atoms with Gasteiger partial charge < -0.3 is 10.3 Å². The molecule has 4 aromatic rings. The smallest absolute Gasteiger partial charge is 0.198 e. The van der Waals surface area contributed by atoms with Crippen molar-refractivity contribution in [1.82, 2.24) is 14.7 Å². The molecule has 0 saturated carbocycles. The number of hydrogen-bond acceptors (Lipinski definition) is 5. The van der Waals surface area contributed by atoms with Gasteiger partial charge in [0.05, 0.1) is 33.7 Å². The fourth-order valence-corrected chi connectivity index (χ4v) is 3.37. The van der Waals surface area contributed by atoms with Gasteiger partial charge in [0.2, 0.25) is 0 Å². The molecule has 0 spiro atoms. The Balaban J connectivity index is 2.13. The number of nitrogen functional groups attached to an aromatic ring is 1. The van der Waals surface area contributed by atoms with Crippen molar-refractivity contribution < 1.29 is 17.7 Å². The molecule has 0 fully saturated rings. The van der Waals surface area contributed by atoms with E-state index >= 15 is 0 Å². The molecule has 6 nitrogen and oxygen atoms in total. The zero-order valence-corrected chi connectivity index (χ0v) is 15.7. The first-order valence-electron chi connectivity index (χ1n) is 8.60. The minimum absolute atomic E-state index is 0.0665. The van der Waals surface area contributed by atoms with Gasteiger partial charge in [-0.3, -0.25) is 9.36 Å². The largest absolute Gasteiger partial charge is 0.396 e. The maximum Gasteiger partial charge on any atom is 0.198 e. The summed E-state index contributed by atoms with van der Waals surface area (Å²) in [5, 5.41) is 4.06. The summed E-state index contributed by atoms with van der Waals surface area (Å²) in [6.07, 6.45) is 0. The van der Waals surface area contributed by atoms with E-state index in [-0.39, 0.29) is 27.8 Å². The summed E-state index contributed by atoms with van der Waals surface area (Å²) in [6, 6.07) is 5.38. The summed E-state index contributed by atoms with van der Waals surface area (Å²) in [5.74, 6) is -4.10. The molecular formula is C20H15F3N4O2. The van der Waals surface area contributed by atoms with E-state index in [9.17, 15) is 18.0 Å². The first kappa shape index (κ1) is 18.7. The second-order valence-corrected chi connectivity index (χ2v) is 6.68. The van der Waals surface area contributed by atoms with Crippen LogP contribution in [0.3, 0.4) is 0 Å². The third kappa shape index (κ3) is 2.77. The minimum atomic E-state index is -1.70. The molecule has 9 heteroatoms. The fourth-order valence-electron chi connectivity index (χ4n) is 3.37. The van der Waals surface area contributed by atoms with Gasteiger partial charge in [0.1, 0.15) is 11.4 Å². The van der Waals surface area contributed by atoms with Gasteiger partial charge in [0.25, 0.3) is 0 Å². The van der Waals surface area contributed by atoms with Gasteiger partial charge in [0.15, 0.2) is 22.9 Å². The summed E-state index contributed by atoms with van der Waals surface area (Å²) < 4.78 is 48.7. The molecule has 1 aromatic carbocycles. The molecule has 0 radical (unpaired) electrons.